The highest BCUT2D eigenvalue weighted by Crippen LogP contribution is 2.33. The van der Waals surface area contributed by atoms with Crippen LogP contribution in [0.15, 0.2) is 47.8 Å². The normalized spacial score (nSPS) is 30.7. The number of nitrogens with two attached hydrogens (primary N) is 1. The van der Waals surface area contributed by atoms with E-state index in [1.807, 2.05) is 18.2 Å². The van der Waals surface area contributed by atoms with Crippen LogP contribution < -0.4 is 5.73 Å². The van der Waals surface area contributed by atoms with Crippen LogP contribution in [0.3, 0.4) is 0 Å². The lowest BCUT2D eigenvalue weighted by Crippen LogP contribution is -2.38. The molecule has 2 unspecified atom stereocenters. The van der Waals surface area contributed by atoms with Crippen molar-refractivity contribution in [3.8, 4) is 0 Å². The minimum atomic E-state index is -0.180. The Hall–Kier alpha value is -1.68. The summed E-state index contributed by atoms with van der Waals surface area (Å²) in [7, 11) is 0. The summed E-state index contributed by atoms with van der Waals surface area (Å²) in [6, 6.07) is 0. The van der Waals surface area contributed by atoms with E-state index in [1.165, 1.54) is 0 Å². The number of fused-ring (bicyclic) bond motifs is 2. The molecule has 16 heavy (non-hydrogen) atoms. The zero-order valence-electron chi connectivity index (χ0n) is 8.76. The summed E-state index contributed by atoms with van der Waals surface area (Å²) in [6.45, 7) is 0.351. The first-order chi connectivity index (χ1) is 7.88. The van der Waals surface area contributed by atoms with Crippen molar-refractivity contribution in [2.75, 3.05) is 6.54 Å². The second kappa shape index (κ2) is 3.72. The molecule has 2 atom stereocenters. The van der Waals surface area contributed by atoms with Gasteiger partial charge in [-0.1, -0.05) is 6.08 Å². The smallest absolute Gasteiger partial charge is 0.196 e. The van der Waals surface area contributed by atoms with Gasteiger partial charge in [-0.2, -0.15) is 0 Å². The van der Waals surface area contributed by atoms with Gasteiger partial charge in [-0.15, -0.1) is 0 Å². The van der Waals surface area contributed by atoms with Crippen molar-refractivity contribution in [3.63, 3.8) is 0 Å². The van der Waals surface area contributed by atoms with Crippen molar-refractivity contribution in [3.05, 3.63) is 47.8 Å². The van der Waals surface area contributed by atoms with Gasteiger partial charge in [0.05, 0.1) is 12.8 Å². The Kier molecular flexibility index (Phi) is 2.22. The molecule has 0 radical (unpaired) electrons. The number of hydrogen-bond acceptors (Lipinski definition) is 4. The van der Waals surface area contributed by atoms with Crippen LogP contribution in [0.2, 0.25) is 0 Å². The molecule has 4 heteroatoms. The fourth-order valence-corrected chi connectivity index (χ4v) is 2.02. The lowest BCUT2D eigenvalue weighted by Gasteiger charge is -2.34. The van der Waals surface area contributed by atoms with Gasteiger partial charge in [-0.05, 0) is 24.1 Å². The van der Waals surface area contributed by atoms with Crippen molar-refractivity contribution in [2.45, 2.75) is 18.6 Å². The van der Waals surface area contributed by atoms with E-state index in [4.69, 9.17) is 19.9 Å². The summed E-state index contributed by atoms with van der Waals surface area (Å²) in [5.74, 6) is 1.52. The molecule has 3 aliphatic rings. The molecule has 0 fully saturated rings. The van der Waals surface area contributed by atoms with Crippen LogP contribution >= 0.6 is 0 Å². The Morgan fingerprint density at radius 1 is 1.44 bits per heavy atom. The van der Waals surface area contributed by atoms with Crippen LogP contribution in [0, 0.1) is 0 Å². The minimum Gasteiger partial charge on any atom is -0.482 e. The largest absolute Gasteiger partial charge is 0.482 e. The number of rotatable bonds is 1. The van der Waals surface area contributed by atoms with Crippen molar-refractivity contribution in [2.24, 2.45) is 5.73 Å². The molecule has 2 aliphatic heterocycles. The first-order valence-corrected chi connectivity index (χ1v) is 5.32. The number of ether oxygens (including phenoxy) is 3. The van der Waals surface area contributed by atoms with Crippen molar-refractivity contribution >= 4 is 0 Å². The molecule has 2 N–H and O–H groups in total. The van der Waals surface area contributed by atoms with E-state index in [0.717, 1.165) is 17.8 Å². The minimum absolute atomic E-state index is 0.131. The Bertz CT molecular complexity index is 420. The van der Waals surface area contributed by atoms with Crippen LogP contribution in [0.25, 0.3) is 0 Å². The molecule has 4 nitrogen and oxygen atoms in total. The van der Waals surface area contributed by atoms with Gasteiger partial charge in [0, 0.05) is 0 Å². The second-order valence-corrected chi connectivity index (χ2v) is 3.87. The van der Waals surface area contributed by atoms with Crippen LogP contribution in [0.4, 0.5) is 0 Å². The standard InChI is InChI=1S/C12H13NO3/c13-6-9-7-15-12-10(16-9)4-3-8-2-1-5-14-11(8)12/h1,3-5,7,10,12H,2,6,13H2. The van der Waals surface area contributed by atoms with Gasteiger partial charge in [-0.3, -0.25) is 0 Å². The first-order valence-electron chi connectivity index (χ1n) is 5.32. The molecule has 84 valence electrons. The maximum atomic E-state index is 5.67. The molecule has 0 saturated carbocycles. The lowest BCUT2D eigenvalue weighted by atomic mass is 9.96. The number of allylic oxidation sites excluding steroid dienone is 3. The summed E-state index contributed by atoms with van der Waals surface area (Å²) in [5.41, 5.74) is 6.66. The van der Waals surface area contributed by atoms with Crippen molar-refractivity contribution in [1.29, 1.82) is 0 Å². The van der Waals surface area contributed by atoms with Crippen LogP contribution in [-0.2, 0) is 14.2 Å². The molecule has 1 aliphatic carbocycles. The van der Waals surface area contributed by atoms with E-state index in [-0.39, 0.29) is 12.2 Å². The average molecular weight is 219 g/mol. The fourth-order valence-electron chi connectivity index (χ4n) is 2.02. The summed E-state index contributed by atoms with van der Waals surface area (Å²) < 4.78 is 16.8. The highest BCUT2D eigenvalue weighted by Gasteiger charge is 2.35. The molecule has 2 heterocycles. The van der Waals surface area contributed by atoms with Gasteiger partial charge >= 0.3 is 0 Å². The lowest BCUT2D eigenvalue weighted by molar-refractivity contribution is -0.0282. The fraction of sp³-hybridized carbons (Fsp3) is 0.333. The third-order valence-electron chi connectivity index (χ3n) is 2.82. The van der Waals surface area contributed by atoms with Gasteiger partial charge in [0.15, 0.2) is 18.0 Å². The second-order valence-electron chi connectivity index (χ2n) is 3.87. The van der Waals surface area contributed by atoms with Crippen LogP contribution in [-0.4, -0.2) is 18.8 Å². The number of hydrogen-bond donors (Lipinski definition) is 1. The Morgan fingerprint density at radius 2 is 2.38 bits per heavy atom. The van der Waals surface area contributed by atoms with Gasteiger partial charge in [-0.25, -0.2) is 0 Å². The van der Waals surface area contributed by atoms with Crippen molar-refractivity contribution < 1.29 is 14.2 Å². The van der Waals surface area contributed by atoms with E-state index in [2.05, 4.69) is 0 Å². The maximum Gasteiger partial charge on any atom is 0.196 e. The molecule has 0 amide bonds. The summed E-state index contributed by atoms with van der Waals surface area (Å²) in [5, 5.41) is 0. The summed E-state index contributed by atoms with van der Waals surface area (Å²) >= 11 is 0. The SMILES string of the molecule is NCC1=COC2C3=C(C=CC2O1)CC=CO3. The molecule has 3 rings (SSSR count). The van der Waals surface area contributed by atoms with Gasteiger partial charge in [0.25, 0.3) is 0 Å². The molecule has 0 spiro atoms. The first kappa shape index (κ1) is 9.54. The monoisotopic (exact) mass is 219 g/mol. The van der Waals surface area contributed by atoms with Gasteiger partial charge in [0.2, 0.25) is 0 Å². The van der Waals surface area contributed by atoms with Gasteiger partial charge in [0.1, 0.15) is 12.0 Å². The molecule has 0 saturated heterocycles. The van der Waals surface area contributed by atoms with E-state index in [0.29, 0.717) is 12.3 Å². The molecule has 0 aromatic carbocycles. The topological polar surface area (TPSA) is 53.7 Å². The van der Waals surface area contributed by atoms with E-state index < -0.39 is 0 Å². The van der Waals surface area contributed by atoms with Crippen LogP contribution in [0.1, 0.15) is 6.42 Å². The average Bonchev–Trinajstić information content (AvgIpc) is 2.38. The molecular formula is C12H13NO3. The maximum absolute atomic E-state index is 5.67. The molecule has 0 bridgehead atoms. The highest BCUT2D eigenvalue weighted by molar-refractivity contribution is 5.36. The van der Waals surface area contributed by atoms with Crippen molar-refractivity contribution in [1.82, 2.24) is 0 Å². The quantitative estimate of drug-likeness (QED) is 0.722. The molecule has 0 aromatic heterocycles. The molecule has 0 aromatic rings. The van der Waals surface area contributed by atoms with E-state index in [9.17, 15) is 0 Å². The van der Waals surface area contributed by atoms with E-state index in [1.54, 1.807) is 12.5 Å². The third kappa shape index (κ3) is 1.42. The highest BCUT2D eigenvalue weighted by atomic mass is 16.6. The van der Waals surface area contributed by atoms with Gasteiger partial charge < -0.3 is 19.9 Å². The zero-order chi connectivity index (χ0) is 11.0. The third-order valence-corrected chi connectivity index (χ3v) is 2.82. The predicted molar refractivity (Wildman–Crippen MR) is 57.9 cm³/mol. The molecular weight excluding hydrogens is 206 g/mol. The summed E-state index contributed by atoms with van der Waals surface area (Å²) in [6.07, 6.45) is 9.85. The zero-order valence-corrected chi connectivity index (χ0v) is 8.76. The Morgan fingerprint density at radius 3 is 3.25 bits per heavy atom. The Labute approximate surface area is 93.7 Å². The van der Waals surface area contributed by atoms with Crippen LogP contribution in [0.5, 0.6) is 0 Å². The Balaban J connectivity index is 1.88. The van der Waals surface area contributed by atoms with E-state index >= 15 is 0 Å². The summed E-state index contributed by atoms with van der Waals surface area (Å²) in [4.78, 5) is 0. The predicted octanol–water partition coefficient (Wildman–Crippen LogP) is 1.33.